The van der Waals surface area contributed by atoms with E-state index in [9.17, 15) is 40.9 Å². The van der Waals surface area contributed by atoms with Gasteiger partial charge in [0, 0.05) is 59.3 Å². The maximum atomic E-state index is 13.6. The van der Waals surface area contributed by atoms with Gasteiger partial charge in [0.25, 0.3) is 5.91 Å². The van der Waals surface area contributed by atoms with Crippen LogP contribution < -0.4 is 20.5 Å². The van der Waals surface area contributed by atoms with E-state index in [1.165, 1.54) is 22.5 Å². The summed E-state index contributed by atoms with van der Waals surface area (Å²) in [4.78, 5) is 38.0. The number of alkyl halides is 5. The van der Waals surface area contributed by atoms with Crippen LogP contribution in [0.5, 0.6) is 11.5 Å². The van der Waals surface area contributed by atoms with Crippen molar-refractivity contribution in [2.75, 3.05) is 43.5 Å². The third-order valence-electron chi connectivity index (χ3n) is 16.5. The number of aliphatic hydroxyl groups excluding tert-OH is 1. The Morgan fingerprint density at radius 2 is 1.64 bits per heavy atom. The van der Waals surface area contributed by atoms with Gasteiger partial charge in [0.05, 0.1) is 23.3 Å². The van der Waals surface area contributed by atoms with Crippen LogP contribution in [0.3, 0.4) is 0 Å². The number of amides is 2. The van der Waals surface area contributed by atoms with Crippen molar-refractivity contribution in [2.24, 2.45) is 29.1 Å². The first kappa shape index (κ1) is 54.8. The van der Waals surface area contributed by atoms with Gasteiger partial charge in [-0.3, -0.25) is 9.00 Å². The number of rotatable bonds is 22. The number of halogens is 5. The zero-order valence-corrected chi connectivity index (χ0v) is 43.8. The van der Waals surface area contributed by atoms with Gasteiger partial charge in [-0.05, 0) is 154 Å². The first-order chi connectivity index (χ1) is 34.9. The molecule has 1 saturated heterocycles. The lowest BCUT2D eigenvalue weighted by atomic mass is 9.52. The smallest absolute Gasteiger partial charge is 0.453 e. The maximum Gasteiger partial charge on any atom is 0.453 e. The van der Waals surface area contributed by atoms with Crippen LogP contribution in [0.1, 0.15) is 150 Å². The number of nitrogens with one attached hydrogen (secondary N) is 1. The number of nitrogen functional groups attached to an aromatic ring is 1. The predicted octanol–water partition coefficient (Wildman–Crippen LogP) is 12.7. The highest BCUT2D eigenvalue weighted by molar-refractivity contribution is 7.84. The fourth-order valence-electron chi connectivity index (χ4n) is 12.5. The van der Waals surface area contributed by atoms with Crippen LogP contribution in [0.25, 0.3) is 21.5 Å². The minimum atomic E-state index is -5.57. The number of benzene rings is 2. The van der Waals surface area contributed by atoms with E-state index in [2.05, 4.69) is 34.3 Å². The number of carbonyl (C=O) groups is 2. The number of unbranched alkanes of at least 4 members (excludes halogenated alkanes) is 6. The quantitative estimate of drug-likeness (QED) is 0.0515. The minimum absolute atomic E-state index is 0.0646. The third kappa shape index (κ3) is 13.2. The van der Waals surface area contributed by atoms with Crippen molar-refractivity contribution in [3.8, 4) is 22.8 Å². The van der Waals surface area contributed by atoms with Crippen molar-refractivity contribution >= 4 is 50.3 Å². The molecule has 0 bridgehead atoms. The molecule has 4 aromatic rings. The highest BCUT2D eigenvalue weighted by Crippen LogP contribution is 2.63. The van der Waals surface area contributed by atoms with Gasteiger partial charge in [-0.15, -0.1) is 11.3 Å². The molecule has 18 heteroatoms. The van der Waals surface area contributed by atoms with Crippen LogP contribution in [0.4, 0.5) is 32.7 Å². The van der Waals surface area contributed by atoms with E-state index in [1.807, 2.05) is 42.2 Å². The van der Waals surface area contributed by atoms with Gasteiger partial charge in [0.15, 0.2) is 0 Å². The van der Waals surface area contributed by atoms with E-state index in [0.29, 0.717) is 94.9 Å². The fourth-order valence-corrected chi connectivity index (χ4v) is 14.7. The SMILES string of the molecule is CCNC(=O)c1cc2c(-c3cccc(OCCC4CCN(C(=O)Oc5ccc6c(c5)CC(CCCCCCCCCS(=O)CCCC(F)(F)C(F)(F)F)C5C7CC[C@H](O)[C@@]7(C)CC[C@H]65)CC4)c3)nc(N)nc2s1. The number of likely N-dealkylation sites (tertiary alicyclic amines) is 1. The Bertz CT molecular complexity index is 2550. The summed E-state index contributed by atoms with van der Waals surface area (Å²) in [6.07, 6.45) is 7.32. The number of carbonyl (C=O) groups excluding carboxylic acids is 2. The van der Waals surface area contributed by atoms with Gasteiger partial charge in [0.1, 0.15) is 16.3 Å². The van der Waals surface area contributed by atoms with Crippen LogP contribution in [-0.2, 0) is 17.2 Å². The van der Waals surface area contributed by atoms with Crippen LogP contribution >= 0.6 is 11.3 Å². The van der Waals surface area contributed by atoms with Crippen LogP contribution in [0.2, 0.25) is 0 Å². The number of fused-ring (bicyclic) bond motifs is 6. The maximum absolute atomic E-state index is 13.6. The number of nitrogens with zero attached hydrogens (tertiary/aromatic N) is 3. The fraction of sp³-hybridized carbons (Fsp3) is 0.636. The van der Waals surface area contributed by atoms with Gasteiger partial charge >= 0.3 is 18.2 Å². The second-order valence-electron chi connectivity index (χ2n) is 21.3. The summed E-state index contributed by atoms with van der Waals surface area (Å²) in [5, 5.41) is 14.8. The molecule has 7 atom stereocenters. The molecule has 4 unspecified atom stereocenters. The molecular weight excluding hydrogens is 986 g/mol. The molecule has 11 nitrogen and oxygen atoms in total. The van der Waals surface area contributed by atoms with Gasteiger partial charge in [-0.25, -0.2) is 14.8 Å². The first-order valence-electron chi connectivity index (χ1n) is 26.6. The van der Waals surface area contributed by atoms with Crippen molar-refractivity contribution in [1.82, 2.24) is 20.2 Å². The molecule has 1 aliphatic heterocycles. The molecule has 73 heavy (non-hydrogen) atoms. The predicted molar refractivity (Wildman–Crippen MR) is 277 cm³/mol. The van der Waals surface area contributed by atoms with Gasteiger partial charge in [0.2, 0.25) is 5.95 Å². The summed E-state index contributed by atoms with van der Waals surface area (Å²) < 4.78 is 88.1. The molecule has 4 N–H and O–H groups in total. The molecule has 3 aliphatic carbocycles. The lowest BCUT2D eigenvalue weighted by Gasteiger charge is -2.53. The van der Waals surface area contributed by atoms with E-state index in [0.717, 1.165) is 107 Å². The Balaban J connectivity index is 0.785. The minimum Gasteiger partial charge on any atom is -0.494 e. The number of aliphatic hydroxyl groups is 1. The van der Waals surface area contributed by atoms with E-state index >= 15 is 0 Å². The van der Waals surface area contributed by atoms with Crippen molar-refractivity contribution < 1.29 is 50.3 Å². The molecule has 2 aromatic heterocycles. The van der Waals surface area contributed by atoms with Gasteiger partial charge in [-0.2, -0.15) is 22.0 Å². The zero-order valence-electron chi connectivity index (χ0n) is 42.2. The Morgan fingerprint density at radius 3 is 2.40 bits per heavy atom. The van der Waals surface area contributed by atoms with E-state index in [1.54, 1.807) is 6.07 Å². The number of hydrogen-bond acceptors (Lipinski definition) is 10. The van der Waals surface area contributed by atoms with Crippen molar-refractivity contribution in [3.63, 3.8) is 0 Å². The molecule has 400 valence electrons. The largest absolute Gasteiger partial charge is 0.494 e. The molecule has 2 amide bonds. The number of thiophene rings is 1. The summed E-state index contributed by atoms with van der Waals surface area (Å²) >= 11 is 1.28. The molecule has 3 heterocycles. The summed E-state index contributed by atoms with van der Waals surface area (Å²) in [5.74, 6) is -1.08. The second kappa shape index (κ2) is 24.1. The normalized spacial score (nSPS) is 23.7. The summed E-state index contributed by atoms with van der Waals surface area (Å²) in [5.41, 5.74) is 10.1. The Labute approximate surface area is 432 Å². The average Bonchev–Trinajstić information content (AvgIpc) is 3.92. The Hall–Kier alpha value is -4.42. The zero-order chi connectivity index (χ0) is 51.9. The highest BCUT2D eigenvalue weighted by Gasteiger charge is 2.57. The molecule has 8 rings (SSSR count). The van der Waals surface area contributed by atoms with Crippen molar-refractivity contribution in [1.29, 1.82) is 0 Å². The summed E-state index contributed by atoms with van der Waals surface area (Å²) in [7, 11) is -1.40. The van der Waals surface area contributed by atoms with E-state index in [4.69, 9.17) is 15.2 Å². The molecule has 2 aromatic carbocycles. The average molecular weight is 1060 g/mol. The molecule has 0 radical (unpaired) electrons. The van der Waals surface area contributed by atoms with Crippen LogP contribution in [0, 0.1) is 29.1 Å². The summed E-state index contributed by atoms with van der Waals surface area (Å²) in [6, 6.07) is 15.8. The lowest BCUT2D eigenvalue weighted by molar-refractivity contribution is -0.284. The van der Waals surface area contributed by atoms with Crippen molar-refractivity contribution in [3.05, 3.63) is 64.5 Å². The molecule has 2 saturated carbocycles. The molecule has 4 aliphatic rings. The number of nitrogens with two attached hydrogens (primary N) is 1. The monoisotopic (exact) mass is 1060 g/mol. The van der Waals surface area contributed by atoms with Crippen molar-refractivity contribution in [2.45, 2.75) is 154 Å². The standard InChI is InChI=1S/C55H72F5N5O6S2/c1-3-62-49(67)45-34-43-48(63-51(61)64-50(43)72-45)37-14-11-15-39(32-37)70-28-23-35-21-26-65(27-22-35)52(68)71-40-16-17-41-38(33-40)31-36(47-42(41)20-25-53(2)44(47)18-19-46(53)66)13-9-7-5-4-6-8-10-29-73(69)30-12-24-54(56,57)55(58,59)60/h11,14-17,32-36,42,44,46-47,66H,3-10,12-13,18-31H2,1-2H3,(H,62,67)(H2,61,63,64)/t36?,42-,44?,46+,47?,53+,73?/m1/s1. The lowest BCUT2D eigenvalue weighted by Crippen LogP contribution is -2.47. The van der Waals surface area contributed by atoms with Crippen LogP contribution in [0.15, 0.2) is 48.5 Å². The Kier molecular flexibility index (Phi) is 18.1. The highest BCUT2D eigenvalue weighted by atomic mass is 32.2. The third-order valence-corrected chi connectivity index (χ3v) is 19.0. The second-order valence-corrected chi connectivity index (χ2v) is 24.0. The topological polar surface area (TPSA) is 157 Å². The number of piperidine rings is 1. The van der Waals surface area contributed by atoms with E-state index in [-0.39, 0.29) is 35.2 Å². The molecule has 0 spiro atoms. The van der Waals surface area contributed by atoms with E-state index < -0.39 is 35.7 Å². The first-order valence-corrected chi connectivity index (χ1v) is 28.9. The molecular formula is C55H72F5N5O6S2. The Morgan fingerprint density at radius 1 is 0.904 bits per heavy atom. The number of hydrogen-bond donors (Lipinski definition) is 3. The van der Waals surface area contributed by atoms with Gasteiger partial charge < -0.3 is 30.5 Å². The number of ether oxygens (including phenoxy) is 2. The molecule has 3 fully saturated rings. The summed E-state index contributed by atoms with van der Waals surface area (Å²) in [6.45, 7) is 6.43. The number of anilines is 1. The number of aromatic nitrogens is 2. The van der Waals surface area contributed by atoms with Gasteiger partial charge in [-0.1, -0.05) is 63.6 Å². The van der Waals surface area contributed by atoms with Crippen LogP contribution in [-0.4, -0.2) is 92.1 Å².